The van der Waals surface area contributed by atoms with Gasteiger partial charge in [-0.1, -0.05) is 13.8 Å². The van der Waals surface area contributed by atoms with E-state index in [0.29, 0.717) is 25.6 Å². The lowest BCUT2D eigenvalue weighted by Crippen LogP contribution is -2.40. The smallest absolute Gasteiger partial charge is 0.211 e. The standard InChI is InChI=1S/C8H17NO3S.C2H6/c1-12-7-8-4-3-5-9(6-8)13(2,10)11;1-2/h8H,3-7H2,1-2H3;1-2H3. The number of ether oxygens (including phenoxy) is 1. The Morgan fingerprint density at radius 1 is 1.40 bits per heavy atom. The fourth-order valence-electron chi connectivity index (χ4n) is 1.70. The summed E-state index contributed by atoms with van der Waals surface area (Å²) >= 11 is 0. The molecule has 1 unspecified atom stereocenters. The molecule has 1 rings (SSSR count). The highest BCUT2D eigenvalue weighted by atomic mass is 32.2. The Balaban J connectivity index is 0.000000921. The summed E-state index contributed by atoms with van der Waals surface area (Å²) in [7, 11) is -1.35. The van der Waals surface area contributed by atoms with E-state index in [1.165, 1.54) is 6.26 Å². The first-order valence-electron chi connectivity index (χ1n) is 5.48. The highest BCUT2D eigenvalue weighted by Crippen LogP contribution is 2.18. The molecule has 0 bridgehead atoms. The largest absolute Gasteiger partial charge is 0.384 e. The Kier molecular flexibility index (Phi) is 7.13. The minimum Gasteiger partial charge on any atom is -0.384 e. The first-order valence-corrected chi connectivity index (χ1v) is 7.33. The topological polar surface area (TPSA) is 46.6 Å². The van der Waals surface area contributed by atoms with Gasteiger partial charge in [-0.15, -0.1) is 0 Å². The highest BCUT2D eigenvalue weighted by Gasteiger charge is 2.25. The van der Waals surface area contributed by atoms with E-state index >= 15 is 0 Å². The van der Waals surface area contributed by atoms with Crippen LogP contribution in [0.25, 0.3) is 0 Å². The van der Waals surface area contributed by atoms with Crippen molar-refractivity contribution in [3.05, 3.63) is 0 Å². The molecule has 0 N–H and O–H groups in total. The second kappa shape index (κ2) is 7.19. The Morgan fingerprint density at radius 2 is 2.00 bits per heavy atom. The van der Waals surface area contributed by atoms with Crippen molar-refractivity contribution in [3.63, 3.8) is 0 Å². The number of hydrogen-bond donors (Lipinski definition) is 0. The molecule has 5 heteroatoms. The van der Waals surface area contributed by atoms with Crippen molar-refractivity contribution in [1.29, 1.82) is 0 Å². The van der Waals surface area contributed by atoms with Gasteiger partial charge in [0.15, 0.2) is 0 Å². The molecule has 92 valence electrons. The molecule has 4 nitrogen and oxygen atoms in total. The second-order valence-electron chi connectivity index (χ2n) is 3.58. The van der Waals surface area contributed by atoms with Crippen LogP contribution in [0.15, 0.2) is 0 Å². The number of methoxy groups -OCH3 is 1. The van der Waals surface area contributed by atoms with E-state index in [9.17, 15) is 8.42 Å². The van der Waals surface area contributed by atoms with Crippen LogP contribution in [-0.2, 0) is 14.8 Å². The van der Waals surface area contributed by atoms with Crippen molar-refractivity contribution < 1.29 is 13.2 Å². The molecule has 0 aromatic carbocycles. The molecule has 1 fully saturated rings. The number of nitrogens with zero attached hydrogens (tertiary/aromatic N) is 1. The van der Waals surface area contributed by atoms with Gasteiger partial charge in [0.2, 0.25) is 10.0 Å². The van der Waals surface area contributed by atoms with Crippen molar-refractivity contribution in [2.75, 3.05) is 33.1 Å². The lowest BCUT2D eigenvalue weighted by atomic mass is 10.0. The molecule has 15 heavy (non-hydrogen) atoms. The minimum absolute atomic E-state index is 0.369. The van der Waals surface area contributed by atoms with E-state index in [-0.39, 0.29) is 0 Å². The highest BCUT2D eigenvalue weighted by molar-refractivity contribution is 7.88. The van der Waals surface area contributed by atoms with Crippen molar-refractivity contribution in [2.45, 2.75) is 26.7 Å². The fourth-order valence-corrected chi connectivity index (χ4v) is 2.64. The molecule has 0 spiro atoms. The molecule has 0 aromatic rings. The summed E-state index contributed by atoms with van der Waals surface area (Å²) in [4.78, 5) is 0. The maximum absolute atomic E-state index is 11.2. The van der Waals surface area contributed by atoms with Crippen LogP contribution in [0.4, 0.5) is 0 Å². The Bertz CT molecular complexity index is 249. The van der Waals surface area contributed by atoms with Gasteiger partial charge in [-0.2, -0.15) is 0 Å². The lowest BCUT2D eigenvalue weighted by Gasteiger charge is -2.30. The van der Waals surface area contributed by atoms with Gasteiger partial charge in [0.1, 0.15) is 0 Å². The summed E-state index contributed by atoms with van der Waals surface area (Å²) in [6.45, 7) is 5.94. The Morgan fingerprint density at radius 3 is 2.47 bits per heavy atom. The van der Waals surface area contributed by atoms with Gasteiger partial charge in [0, 0.05) is 20.2 Å². The zero-order chi connectivity index (χ0) is 11.9. The predicted octanol–water partition coefficient (Wildman–Crippen LogP) is 1.33. The molecule has 1 saturated heterocycles. The number of piperidine rings is 1. The average Bonchev–Trinajstić information content (AvgIpc) is 2.21. The molecule has 1 aliphatic heterocycles. The van der Waals surface area contributed by atoms with Gasteiger partial charge in [0.05, 0.1) is 12.9 Å². The fraction of sp³-hybridized carbons (Fsp3) is 1.00. The first-order chi connectivity index (χ1) is 7.04. The normalized spacial score (nSPS) is 23.1. The van der Waals surface area contributed by atoms with Gasteiger partial charge in [0.25, 0.3) is 0 Å². The SMILES string of the molecule is CC.COCC1CCCN(S(C)(=O)=O)C1. The van der Waals surface area contributed by atoms with E-state index in [1.54, 1.807) is 11.4 Å². The Labute approximate surface area is 93.7 Å². The molecule has 0 amide bonds. The van der Waals surface area contributed by atoms with Crippen LogP contribution in [0.3, 0.4) is 0 Å². The zero-order valence-corrected chi connectivity index (χ0v) is 11.0. The molecule has 0 aromatic heterocycles. The van der Waals surface area contributed by atoms with Crippen LogP contribution in [0.1, 0.15) is 26.7 Å². The molecule has 0 saturated carbocycles. The van der Waals surface area contributed by atoms with Crippen molar-refractivity contribution in [3.8, 4) is 0 Å². The van der Waals surface area contributed by atoms with Gasteiger partial charge in [-0.3, -0.25) is 0 Å². The monoisotopic (exact) mass is 237 g/mol. The third kappa shape index (κ3) is 5.49. The Hall–Kier alpha value is -0.130. The summed E-state index contributed by atoms with van der Waals surface area (Å²) in [5.41, 5.74) is 0. The van der Waals surface area contributed by atoms with Crippen LogP contribution < -0.4 is 0 Å². The van der Waals surface area contributed by atoms with Gasteiger partial charge < -0.3 is 4.74 Å². The van der Waals surface area contributed by atoms with Gasteiger partial charge >= 0.3 is 0 Å². The quantitative estimate of drug-likeness (QED) is 0.744. The summed E-state index contributed by atoms with van der Waals surface area (Å²) < 4.78 is 29.0. The summed E-state index contributed by atoms with van der Waals surface area (Å²) in [5.74, 6) is 0.369. The summed E-state index contributed by atoms with van der Waals surface area (Å²) in [6.07, 6.45) is 3.28. The number of hydrogen-bond acceptors (Lipinski definition) is 3. The van der Waals surface area contributed by atoms with Crippen LogP contribution in [0.5, 0.6) is 0 Å². The molecule has 1 atom stereocenters. The van der Waals surface area contributed by atoms with Crippen molar-refractivity contribution in [1.82, 2.24) is 4.31 Å². The maximum Gasteiger partial charge on any atom is 0.211 e. The van der Waals surface area contributed by atoms with Crippen LogP contribution in [-0.4, -0.2) is 45.8 Å². The maximum atomic E-state index is 11.2. The van der Waals surface area contributed by atoms with Crippen LogP contribution >= 0.6 is 0 Å². The van der Waals surface area contributed by atoms with E-state index in [1.807, 2.05) is 13.8 Å². The zero-order valence-electron chi connectivity index (χ0n) is 10.2. The van der Waals surface area contributed by atoms with Crippen molar-refractivity contribution >= 4 is 10.0 Å². The third-order valence-electron chi connectivity index (χ3n) is 2.35. The molecule has 0 aliphatic carbocycles. The van der Waals surface area contributed by atoms with Gasteiger partial charge in [-0.05, 0) is 18.8 Å². The summed E-state index contributed by atoms with van der Waals surface area (Å²) in [5, 5.41) is 0. The average molecular weight is 237 g/mol. The molecule has 1 heterocycles. The van der Waals surface area contributed by atoms with Crippen LogP contribution in [0.2, 0.25) is 0 Å². The van der Waals surface area contributed by atoms with E-state index in [0.717, 1.165) is 12.8 Å². The lowest BCUT2D eigenvalue weighted by molar-refractivity contribution is 0.118. The third-order valence-corrected chi connectivity index (χ3v) is 3.62. The number of sulfonamides is 1. The first kappa shape index (κ1) is 14.9. The van der Waals surface area contributed by atoms with Crippen molar-refractivity contribution in [2.24, 2.45) is 5.92 Å². The molecular formula is C10H23NO3S. The summed E-state index contributed by atoms with van der Waals surface area (Å²) in [6, 6.07) is 0. The minimum atomic E-state index is -3.00. The number of rotatable bonds is 3. The molecular weight excluding hydrogens is 214 g/mol. The second-order valence-corrected chi connectivity index (χ2v) is 5.57. The van der Waals surface area contributed by atoms with Gasteiger partial charge in [-0.25, -0.2) is 12.7 Å². The van der Waals surface area contributed by atoms with E-state index in [2.05, 4.69) is 0 Å². The molecule has 0 radical (unpaired) electrons. The van der Waals surface area contributed by atoms with E-state index < -0.39 is 10.0 Å². The van der Waals surface area contributed by atoms with Crippen LogP contribution in [0, 0.1) is 5.92 Å². The molecule has 1 aliphatic rings. The predicted molar refractivity (Wildman–Crippen MR) is 62.4 cm³/mol. The van der Waals surface area contributed by atoms with E-state index in [4.69, 9.17) is 4.74 Å².